The van der Waals surface area contributed by atoms with E-state index in [0.29, 0.717) is 6.61 Å². The molecule has 8 atom stereocenters. The van der Waals surface area contributed by atoms with Crippen LogP contribution >= 0.6 is 0 Å². The first kappa shape index (κ1) is 45.6. The van der Waals surface area contributed by atoms with Crippen molar-refractivity contribution in [2.24, 2.45) is 0 Å². The van der Waals surface area contributed by atoms with Gasteiger partial charge in [0.2, 0.25) is 5.91 Å². The van der Waals surface area contributed by atoms with Crippen LogP contribution in [0.5, 0.6) is 0 Å². The lowest BCUT2D eigenvalue weighted by Crippen LogP contribution is -2.74. The van der Waals surface area contributed by atoms with E-state index in [1.807, 2.05) is 0 Å². The third kappa shape index (κ3) is 18.1. The van der Waals surface area contributed by atoms with Crippen LogP contribution in [-0.4, -0.2) is 123 Å². The van der Waals surface area contributed by atoms with Crippen LogP contribution in [0.25, 0.3) is 0 Å². The highest BCUT2D eigenvalue weighted by Crippen LogP contribution is 2.34. The summed E-state index contributed by atoms with van der Waals surface area (Å²) in [6.45, 7) is 1.94. The van der Waals surface area contributed by atoms with Crippen molar-refractivity contribution in [3.8, 4) is 0 Å². The lowest BCUT2D eigenvalue weighted by molar-refractivity contribution is -0.350. The molecule has 0 radical (unpaired) electrons. The van der Waals surface area contributed by atoms with E-state index in [4.69, 9.17) is 14.2 Å². The number of ether oxygens (including phenoxy) is 3. The SMILES string of the molecule is CCCCCCCCCCCCCCCCCCCCCCOC[C@H](O)CO[C@]1(C(=O)O)O[C@@H]([C@H](O)[C@H](O)CO)[C@H](NC(C)=O)[C@@H](O)[C@@H]1O. The number of rotatable bonds is 31. The fourth-order valence-electron chi connectivity index (χ4n) is 6.28. The standard InChI is InChI=1S/C36H69NO12/c1-3-4-5-6-7-8-9-10-11-12-13-14-15-16-17-18-19-20-21-22-23-47-25-28(40)26-48-36(35(45)46)34(44)32(43)30(37-27(2)39)33(49-36)31(42)29(41)24-38/h28-34,38,40-44H,3-26H2,1-2H3,(H,37,39)(H,45,46)/t28-,29+,30+,31+,32+,33+,34-,36-/m0/s1. The first-order chi connectivity index (χ1) is 23.5. The average molecular weight is 708 g/mol. The fourth-order valence-corrected chi connectivity index (χ4v) is 6.28. The normalized spacial score (nSPS) is 24.4. The summed E-state index contributed by atoms with van der Waals surface area (Å²) in [5.41, 5.74) is 0. The first-order valence-corrected chi connectivity index (χ1v) is 18.9. The van der Waals surface area contributed by atoms with Crippen molar-refractivity contribution in [1.29, 1.82) is 0 Å². The minimum atomic E-state index is -2.97. The maximum Gasteiger partial charge on any atom is 0.367 e. The fraction of sp³-hybridized carbons (Fsp3) is 0.944. The van der Waals surface area contributed by atoms with Gasteiger partial charge in [0.1, 0.15) is 36.6 Å². The highest BCUT2D eigenvalue weighted by molar-refractivity contribution is 5.77. The number of aliphatic hydroxyl groups is 6. The molecule has 0 aromatic heterocycles. The Morgan fingerprint density at radius 1 is 0.755 bits per heavy atom. The Morgan fingerprint density at radius 2 is 1.20 bits per heavy atom. The summed E-state index contributed by atoms with van der Waals surface area (Å²) in [5.74, 6) is -5.55. The zero-order valence-electron chi connectivity index (χ0n) is 30.2. The number of hydrogen-bond acceptors (Lipinski definition) is 11. The highest BCUT2D eigenvalue weighted by Gasteiger charge is 2.62. The molecule has 1 rings (SSSR count). The smallest absolute Gasteiger partial charge is 0.367 e. The predicted molar refractivity (Wildman–Crippen MR) is 185 cm³/mol. The molecule has 0 saturated carbocycles. The predicted octanol–water partition coefficient (Wildman–Crippen LogP) is 3.32. The van der Waals surface area contributed by atoms with Gasteiger partial charge in [-0.15, -0.1) is 0 Å². The van der Waals surface area contributed by atoms with Gasteiger partial charge in [0, 0.05) is 13.5 Å². The zero-order valence-corrected chi connectivity index (χ0v) is 30.2. The summed E-state index contributed by atoms with van der Waals surface area (Å²) in [6, 6.07) is -1.56. The van der Waals surface area contributed by atoms with E-state index in [0.717, 1.165) is 26.2 Å². The number of hydrogen-bond donors (Lipinski definition) is 8. The second-order valence-corrected chi connectivity index (χ2v) is 13.7. The topological polar surface area (TPSA) is 215 Å². The number of amides is 1. The van der Waals surface area contributed by atoms with Gasteiger partial charge in [-0.05, 0) is 6.42 Å². The number of aliphatic carboxylic acids is 1. The van der Waals surface area contributed by atoms with Crippen LogP contribution in [0, 0.1) is 0 Å². The van der Waals surface area contributed by atoms with Gasteiger partial charge in [0.05, 0.1) is 25.9 Å². The van der Waals surface area contributed by atoms with Gasteiger partial charge < -0.3 is 55.3 Å². The van der Waals surface area contributed by atoms with Crippen LogP contribution in [0.3, 0.4) is 0 Å². The Hall–Kier alpha value is -1.42. The Bertz CT molecular complexity index is 851. The summed E-state index contributed by atoms with van der Waals surface area (Å²) in [6.07, 6.45) is 14.5. The highest BCUT2D eigenvalue weighted by atomic mass is 16.7. The molecule has 0 aromatic rings. The quantitative estimate of drug-likeness (QED) is 0.0487. The molecule has 13 nitrogen and oxygen atoms in total. The number of carbonyl (C=O) groups is 2. The molecule has 1 saturated heterocycles. The molecule has 1 aliphatic rings. The van der Waals surface area contributed by atoms with E-state index in [1.54, 1.807) is 0 Å². The van der Waals surface area contributed by atoms with Crippen molar-refractivity contribution in [3.05, 3.63) is 0 Å². The van der Waals surface area contributed by atoms with Crippen molar-refractivity contribution < 1.29 is 59.5 Å². The van der Waals surface area contributed by atoms with Crippen LogP contribution in [0.2, 0.25) is 0 Å². The van der Waals surface area contributed by atoms with Crippen LogP contribution in [0.15, 0.2) is 0 Å². The summed E-state index contributed by atoms with van der Waals surface area (Å²) < 4.78 is 16.2. The lowest BCUT2D eigenvalue weighted by atomic mass is 9.86. The molecule has 0 spiro atoms. The lowest BCUT2D eigenvalue weighted by Gasteiger charge is -2.49. The van der Waals surface area contributed by atoms with Crippen LogP contribution in [0.4, 0.5) is 0 Å². The second-order valence-electron chi connectivity index (χ2n) is 13.7. The van der Waals surface area contributed by atoms with E-state index in [9.17, 15) is 45.3 Å². The summed E-state index contributed by atoms with van der Waals surface area (Å²) in [7, 11) is 0. The molecule has 0 bridgehead atoms. The second kappa shape index (κ2) is 27.3. The van der Waals surface area contributed by atoms with E-state index in [1.165, 1.54) is 109 Å². The van der Waals surface area contributed by atoms with Gasteiger partial charge in [-0.2, -0.15) is 0 Å². The van der Waals surface area contributed by atoms with Gasteiger partial charge in [-0.3, -0.25) is 4.79 Å². The Labute approximate surface area is 293 Å². The minimum absolute atomic E-state index is 0.183. The third-order valence-electron chi connectivity index (χ3n) is 9.27. The number of carboxylic acid groups (broad SMARTS) is 1. The van der Waals surface area contributed by atoms with Crippen molar-refractivity contribution >= 4 is 11.9 Å². The molecule has 0 unspecified atom stereocenters. The number of unbranched alkanes of at least 4 members (excludes halogenated alkanes) is 19. The Balaban J connectivity index is 2.20. The van der Waals surface area contributed by atoms with Crippen molar-refractivity contribution in [1.82, 2.24) is 5.32 Å². The molecule has 0 aromatic carbocycles. The number of nitrogens with one attached hydrogen (secondary N) is 1. The van der Waals surface area contributed by atoms with Crippen molar-refractivity contribution in [2.75, 3.05) is 26.4 Å². The first-order valence-electron chi connectivity index (χ1n) is 18.9. The van der Waals surface area contributed by atoms with E-state index >= 15 is 0 Å². The van der Waals surface area contributed by atoms with Crippen molar-refractivity contribution in [2.45, 2.75) is 191 Å². The van der Waals surface area contributed by atoms with E-state index in [2.05, 4.69) is 12.2 Å². The number of aliphatic hydroxyl groups excluding tert-OH is 6. The van der Waals surface area contributed by atoms with E-state index in [-0.39, 0.29) is 6.61 Å². The minimum Gasteiger partial charge on any atom is -0.477 e. The molecule has 13 heteroatoms. The summed E-state index contributed by atoms with van der Waals surface area (Å²) in [4.78, 5) is 23.9. The summed E-state index contributed by atoms with van der Waals surface area (Å²) >= 11 is 0. The van der Waals surface area contributed by atoms with Gasteiger partial charge in [-0.1, -0.05) is 129 Å². The van der Waals surface area contributed by atoms with E-state index < -0.39 is 73.5 Å². The molecule has 1 amide bonds. The molecular weight excluding hydrogens is 638 g/mol. The number of carboxylic acids is 1. The van der Waals surface area contributed by atoms with Gasteiger partial charge in [-0.25, -0.2) is 4.79 Å². The maximum atomic E-state index is 12.2. The van der Waals surface area contributed by atoms with Crippen molar-refractivity contribution in [3.63, 3.8) is 0 Å². The van der Waals surface area contributed by atoms with Crippen LogP contribution < -0.4 is 5.32 Å². The maximum absolute atomic E-state index is 12.2. The number of carbonyl (C=O) groups excluding carboxylic acids is 1. The van der Waals surface area contributed by atoms with Gasteiger partial charge in [0.25, 0.3) is 5.79 Å². The molecule has 1 aliphatic heterocycles. The molecule has 0 aliphatic carbocycles. The summed E-state index contributed by atoms with van der Waals surface area (Å²) in [5, 5.41) is 73.5. The largest absolute Gasteiger partial charge is 0.477 e. The Morgan fingerprint density at radius 3 is 1.61 bits per heavy atom. The van der Waals surface area contributed by atoms with Crippen LogP contribution in [-0.2, 0) is 23.8 Å². The molecule has 290 valence electrons. The molecular formula is C36H69NO12. The van der Waals surface area contributed by atoms with Crippen LogP contribution in [0.1, 0.15) is 142 Å². The zero-order chi connectivity index (χ0) is 36.5. The monoisotopic (exact) mass is 707 g/mol. The molecule has 49 heavy (non-hydrogen) atoms. The molecule has 8 N–H and O–H groups in total. The average Bonchev–Trinajstić information content (AvgIpc) is 3.07. The molecule has 1 fully saturated rings. The van der Waals surface area contributed by atoms with Gasteiger partial charge >= 0.3 is 5.97 Å². The third-order valence-corrected chi connectivity index (χ3v) is 9.27. The van der Waals surface area contributed by atoms with Gasteiger partial charge in [0.15, 0.2) is 0 Å². The Kier molecular flexibility index (Phi) is 25.4. The molecule has 1 heterocycles.